The van der Waals surface area contributed by atoms with Crippen molar-refractivity contribution in [1.29, 1.82) is 0 Å². The molecule has 1 aromatic rings. The normalized spacial score (nSPS) is 31.7. The van der Waals surface area contributed by atoms with Crippen LogP contribution in [0.2, 0.25) is 0 Å². The van der Waals surface area contributed by atoms with Crippen LogP contribution in [0.25, 0.3) is 0 Å². The molecule has 0 amide bonds. The summed E-state index contributed by atoms with van der Waals surface area (Å²) in [4.78, 5) is 0. The molecule has 7 heteroatoms. The number of ether oxygens (including phenoxy) is 2. The van der Waals surface area contributed by atoms with Crippen molar-refractivity contribution in [2.45, 2.75) is 37.1 Å². The third kappa shape index (κ3) is 3.40. The highest BCUT2D eigenvalue weighted by atomic mass is 16.7. The van der Waals surface area contributed by atoms with E-state index in [0.717, 1.165) is 5.56 Å². The number of benzene rings is 1. The second kappa shape index (κ2) is 7.08. The molecule has 0 bridgehead atoms. The van der Waals surface area contributed by atoms with E-state index in [2.05, 4.69) is 6.58 Å². The van der Waals surface area contributed by atoms with Gasteiger partial charge in [0.15, 0.2) is 11.5 Å². The molecule has 7 nitrogen and oxygen atoms in total. The van der Waals surface area contributed by atoms with Gasteiger partial charge >= 0.3 is 0 Å². The Labute approximate surface area is 127 Å². The lowest BCUT2D eigenvalue weighted by Gasteiger charge is -2.39. The lowest BCUT2D eigenvalue weighted by atomic mass is 9.99. The van der Waals surface area contributed by atoms with E-state index < -0.39 is 37.3 Å². The number of hydrogen-bond acceptors (Lipinski definition) is 7. The number of aliphatic hydroxyl groups is 4. The second-order valence-electron chi connectivity index (χ2n) is 5.11. The minimum atomic E-state index is -1.53. The molecule has 2 rings (SSSR count). The van der Waals surface area contributed by atoms with E-state index in [1.165, 1.54) is 12.1 Å². The molecule has 0 radical (unpaired) electrons. The number of aliphatic hydroxyl groups excluding tert-OH is 4. The average molecular weight is 312 g/mol. The van der Waals surface area contributed by atoms with E-state index in [1.54, 1.807) is 12.1 Å². The van der Waals surface area contributed by atoms with Crippen molar-refractivity contribution < 1.29 is 35.0 Å². The van der Waals surface area contributed by atoms with Crippen LogP contribution in [-0.2, 0) is 11.2 Å². The van der Waals surface area contributed by atoms with Gasteiger partial charge in [-0.05, 0) is 24.1 Å². The Morgan fingerprint density at radius 1 is 1.18 bits per heavy atom. The molecule has 5 N–H and O–H groups in total. The second-order valence-corrected chi connectivity index (χ2v) is 5.11. The number of aromatic hydroxyl groups is 1. The molecule has 122 valence electrons. The van der Waals surface area contributed by atoms with Gasteiger partial charge in [0.1, 0.15) is 24.4 Å². The summed E-state index contributed by atoms with van der Waals surface area (Å²) in [5.41, 5.74) is 0.827. The molecule has 0 saturated carbocycles. The highest BCUT2D eigenvalue weighted by Crippen LogP contribution is 2.31. The van der Waals surface area contributed by atoms with Gasteiger partial charge in [-0.15, -0.1) is 6.58 Å². The maximum atomic E-state index is 9.92. The smallest absolute Gasteiger partial charge is 0.229 e. The van der Waals surface area contributed by atoms with E-state index in [1.807, 2.05) is 0 Å². The molecule has 5 atom stereocenters. The van der Waals surface area contributed by atoms with Gasteiger partial charge < -0.3 is 35.0 Å². The molecule has 0 aliphatic carbocycles. The van der Waals surface area contributed by atoms with Gasteiger partial charge in [-0.1, -0.05) is 12.1 Å². The summed E-state index contributed by atoms with van der Waals surface area (Å²) in [6, 6.07) is 4.69. The molecule has 0 aromatic heterocycles. The van der Waals surface area contributed by atoms with Crippen LogP contribution in [0.5, 0.6) is 11.5 Å². The van der Waals surface area contributed by atoms with Crippen LogP contribution >= 0.6 is 0 Å². The van der Waals surface area contributed by atoms with E-state index in [4.69, 9.17) is 14.6 Å². The van der Waals surface area contributed by atoms with Gasteiger partial charge in [0, 0.05) is 0 Å². The van der Waals surface area contributed by atoms with Crippen molar-refractivity contribution in [3.63, 3.8) is 0 Å². The van der Waals surface area contributed by atoms with Crippen LogP contribution in [0.15, 0.2) is 30.9 Å². The van der Waals surface area contributed by atoms with Crippen molar-refractivity contribution in [1.82, 2.24) is 0 Å². The van der Waals surface area contributed by atoms with Gasteiger partial charge in [0.05, 0.1) is 6.61 Å². The molecule has 1 fully saturated rings. The minimum Gasteiger partial charge on any atom is -0.504 e. The molecular formula is C15H20O7. The van der Waals surface area contributed by atoms with Crippen molar-refractivity contribution >= 4 is 0 Å². The highest BCUT2D eigenvalue weighted by molar-refractivity contribution is 5.42. The summed E-state index contributed by atoms with van der Waals surface area (Å²) in [6.45, 7) is 3.06. The van der Waals surface area contributed by atoms with Gasteiger partial charge in [0.25, 0.3) is 0 Å². The Hall–Kier alpha value is -1.64. The summed E-state index contributed by atoms with van der Waals surface area (Å²) < 4.78 is 10.6. The molecule has 5 unspecified atom stereocenters. The summed E-state index contributed by atoms with van der Waals surface area (Å²) >= 11 is 0. The molecule has 1 aliphatic rings. The van der Waals surface area contributed by atoms with Crippen LogP contribution in [0.3, 0.4) is 0 Å². The Morgan fingerprint density at radius 3 is 2.50 bits per heavy atom. The number of allylic oxidation sites excluding steroid dienone is 1. The Bertz CT molecular complexity index is 517. The fraction of sp³-hybridized carbons (Fsp3) is 0.467. The van der Waals surface area contributed by atoms with E-state index in [0.29, 0.717) is 6.42 Å². The van der Waals surface area contributed by atoms with Crippen LogP contribution in [0.1, 0.15) is 5.56 Å². The summed E-state index contributed by atoms with van der Waals surface area (Å²) in [5, 5.41) is 48.3. The zero-order valence-electron chi connectivity index (χ0n) is 11.9. The fourth-order valence-corrected chi connectivity index (χ4v) is 2.25. The molecule has 1 saturated heterocycles. The number of phenolic OH excluding ortho intramolecular Hbond substituents is 1. The maximum Gasteiger partial charge on any atom is 0.229 e. The minimum absolute atomic E-state index is 0.0529. The molecule has 1 aliphatic heterocycles. The highest BCUT2D eigenvalue weighted by Gasteiger charge is 2.44. The van der Waals surface area contributed by atoms with Gasteiger partial charge in [0.2, 0.25) is 6.29 Å². The quantitative estimate of drug-likeness (QED) is 0.456. The monoisotopic (exact) mass is 312 g/mol. The predicted octanol–water partition coefficient (Wildman–Crippen LogP) is -0.701. The molecule has 1 heterocycles. The van der Waals surface area contributed by atoms with Crippen LogP contribution in [0, 0.1) is 0 Å². The first-order valence-electron chi connectivity index (χ1n) is 6.88. The van der Waals surface area contributed by atoms with Gasteiger partial charge in [-0.3, -0.25) is 0 Å². The van der Waals surface area contributed by atoms with Crippen molar-refractivity contribution in [3.8, 4) is 11.5 Å². The molecule has 1 aromatic carbocycles. The first-order valence-corrected chi connectivity index (χ1v) is 6.88. The van der Waals surface area contributed by atoms with E-state index in [9.17, 15) is 20.4 Å². The van der Waals surface area contributed by atoms with E-state index >= 15 is 0 Å². The van der Waals surface area contributed by atoms with Crippen LogP contribution < -0.4 is 4.74 Å². The Balaban J connectivity index is 2.13. The van der Waals surface area contributed by atoms with Crippen molar-refractivity contribution in [3.05, 3.63) is 36.4 Å². The topological polar surface area (TPSA) is 120 Å². The van der Waals surface area contributed by atoms with Crippen molar-refractivity contribution in [2.24, 2.45) is 0 Å². The zero-order chi connectivity index (χ0) is 16.3. The van der Waals surface area contributed by atoms with Gasteiger partial charge in [-0.2, -0.15) is 0 Å². The van der Waals surface area contributed by atoms with Crippen LogP contribution in [-0.4, -0.2) is 62.8 Å². The zero-order valence-corrected chi connectivity index (χ0v) is 11.9. The third-order valence-corrected chi connectivity index (χ3v) is 3.49. The number of hydrogen-bond donors (Lipinski definition) is 5. The standard InChI is InChI=1S/C15H20O7/c1-2-3-8-4-5-10(9(17)6-8)21-15-14(20)13(19)12(18)11(7-16)22-15/h2,4-6,11-20H,1,3,7H2. The summed E-state index contributed by atoms with van der Waals surface area (Å²) in [6.07, 6.45) is -4.63. The number of rotatable bonds is 5. The molecule has 22 heavy (non-hydrogen) atoms. The predicted molar refractivity (Wildman–Crippen MR) is 76.4 cm³/mol. The first kappa shape index (κ1) is 16.7. The third-order valence-electron chi connectivity index (χ3n) is 3.49. The SMILES string of the molecule is C=CCc1ccc(OC2OC(CO)C(O)C(O)C2O)c(O)c1. The lowest BCUT2D eigenvalue weighted by molar-refractivity contribution is -0.277. The lowest BCUT2D eigenvalue weighted by Crippen LogP contribution is -2.60. The average Bonchev–Trinajstić information content (AvgIpc) is 2.50. The summed E-state index contributed by atoms with van der Waals surface area (Å²) in [7, 11) is 0. The Kier molecular flexibility index (Phi) is 5.38. The fourth-order valence-electron chi connectivity index (χ4n) is 2.25. The molecule has 0 spiro atoms. The largest absolute Gasteiger partial charge is 0.504 e. The van der Waals surface area contributed by atoms with Gasteiger partial charge in [-0.25, -0.2) is 0 Å². The maximum absolute atomic E-state index is 9.92. The van der Waals surface area contributed by atoms with Crippen molar-refractivity contribution in [2.75, 3.05) is 6.61 Å². The first-order chi connectivity index (χ1) is 10.5. The van der Waals surface area contributed by atoms with E-state index in [-0.39, 0.29) is 11.5 Å². The molecular weight excluding hydrogens is 292 g/mol. The van der Waals surface area contributed by atoms with Crippen LogP contribution in [0.4, 0.5) is 0 Å². The Morgan fingerprint density at radius 2 is 1.91 bits per heavy atom. The summed E-state index contributed by atoms with van der Waals surface area (Å²) in [5.74, 6) is -0.103. The number of phenols is 1.